The quantitative estimate of drug-likeness (QED) is 0.589. The Hall–Kier alpha value is -2.60. The Kier molecular flexibility index (Phi) is 3.16. The van der Waals surface area contributed by atoms with Gasteiger partial charge in [0.2, 0.25) is 11.9 Å². The summed E-state index contributed by atoms with van der Waals surface area (Å²) in [5, 5.41) is 5.18. The maximum atomic E-state index is 5.38. The molecule has 22 heavy (non-hydrogen) atoms. The fourth-order valence-electron chi connectivity index (χ4n) is 2.24. The third kappa shape index (κ3) is 2.37. The van der Waals surface area contributed by atoms with Crippen molar-refractivity contribution in [3.05, 3.63) is 48.0 Å². The van der Waals surface area contributed by atoms with Crippen molar-refractivity contribution in [1.82, 2.24) is 4.98 Å². The number of rotatable bonds is 3. The van der Waals surface area contributed by atoms with Crippen LogP contribution in [0.25, 0.3) is 10.2 Å². The average Bonchev–Trinajstić information content (AvgIpc) is 3.17. The number of thiazole rings is 1. The summed E-state index contributed by atoms with van der Waals surface area (Å²) in [7, 11) is 0. The van der Waals surface area contributed by atoms with Gasteiger partial charge in [-0.3, -0.25) is 5.43 Å². The van der Waals surface area contributed by atoms with E-state index in [-0.39, 0.29) is 6.79 Å². The molecule has 0 bridgehead atoms. The minimum Gasteiger partial charge on any atom is -0.454 e. The molecule has 3 aromatic rings. The molecule has 1 aliphatic rings. The predicted molar refractivity (Wildman–Crippen MR) is 88.0 cm³/mol. The molecule has 1 aromatic heterocycles. The first-order valence-electron chi connectivity index (χ1n) is 6.85. The van der Waals surface area contributed by atoms with Crippen LogP contribution in [0.15, 0.2) is 47.6 Å². The second-order valence-corrected chi connectivity index (χ2v) is 5.89. The molecule has 1 aliphatic heterocycles. The van der Waals surface area contributed by atoms with Crippen molar-refractivity contribution in [3.63, 3.8) is 0 Å². The lowest BCUT2D eigenvalue weighted by molar-refractivity contribution is 0.174. The van der Waals surface area contributed by atoms with Gasteiger partial charge in [-0.25, -0.2) is 4.98 Å². The van der Waals surface area contributed by atoms with Gasteiger partial charge in [0.1, 0.15) is 0 Å². The van der Waals surface area contributed by atoms with Crippen LogP contribution in [0.4, 0.5) is 5.13 Å². The highest BCUT2D eigenvalue weighted by Gasteiger charge is 2.14. The fraction of sp³-hybridized carbons (Fsp3) is 0.125. The van der Waals surface area contributed by atoms with Crippen LogP contribution >= 0.6 is 11.3 Å². The first-order chi connectivity index (χ1) is 10.8. The van der Waals surface area contributed by atoms with Crippen LogP contribution in [0.3, 0.4) is 0 Å². The van der Waals surface area contributed by atoms with E-state index < -0.39 is 0 Å². The van der Waals surface area contributed by atoms with Gasteiger partial charge in [0.15, 0.2) is 11.5 Å². The summed E-state index contributed by atoms with van der Waals surface area (Å²) in [4.78, 5) is 4.49. The monoisotopic (exact) mass is 311 g/mol. The summed E-state index contributed by atoms with van der Waals surface area (Å²) in [5.41, 5.74) is 5.84. The van der Waals surface area contributed by atoms with Crippen molar-refractivity contribution in [1.29, 1.82) is 0 Å². The zero-order valence-corrected chi connectivity index (χ0v) is 12.7. The van der Waals surface area contributed by atoms with Crippen molar-refractivity contribution >= 4 is 32.4 Å². The third-order valence-corrected chi connectivity index (χ3v) is 4.34. The summed E-state index contributed by atoms with van der Waals surface area (Å²) >= 11 is 1.58. The molecule has 110 valence electrons. The molecule has 0 radical (unpaired) electrons. The number of hydrogen-bond acceptors (Lipinski definition) is 6. The summed E-state index contributed by atoms with van der Waals surface area (Å²) in [6.07, 6.45) is 0. The largest absolute Gasteiger partial charge is 0.454 e. The maximum absolute atomic E-state index is 5.38. The number of hydrazone groups is 1. The molecule has 0 saturated carbocycles. The number of fused-ring (bicyclic) bond motifs is 2. The first kappa shape index (κ1) is 13.1. The van der Waals surface area contributed by atoms with Crippen LogP contribution < -0.4 is 14.9 Å². The zero-order valence-electron chi connectivity index (χ0n) is 11.9. The van der Waals surface area contributed by atoms with Crippen LogP contribution in [-0.2, 0) is 0 Å². The predicted octanol–water partition coefficient (Wildman–Crippen LogP) is 3.86. The van der Waals surface area contributed by atoms with E-state index in [4.69, 9.17) is 9.47 Å². The normalized spacial score (nSPS) is 13.6. The standard InChI is InChI=1S/C16H13N3O2S/c1-10(11-6-7-13-14(8-11)21-9-20-13)18-19-16-17-12-4-2-3-5-15(12)22-16/h2-8H,9H2,1H3,(H,17,19)/b18-10-. The molecular formula is C16H13N3O2S. The van der Waals surface area contributed by atoms with Crippen LogP contribution in [0.1, 0.15) is 12.5 Å². The molecule has 6 heteroatoms. The SMILES string of the molecule is C/C(=N/Nc1nc2ccccc2s1)c1ccc2c(c1)OCO2. The lowest BCUT2D eigenvalue weighted by Gasteiger charge is -2.03. The summed E-state index contributed by atoms with van der Waals surface area (Å²) in [5.74, 6) is 1.53. The molecule has 4 rings (SSSR count). The molecule has 0 aliphatic carbocycles. The van der Waals surface area contributed by atoms with Crippen LogP contribution in [0.2, 0.25) is 0 Å². The van der Waals surface area contributed by atoms with Gasteiger partial charge in [-0.2, -0.15) is 5.10 Å². The molecule has 0 fully saturated rings. The first-order valence-corrected chi connectivity index (χ1v) is 7.67. The van der Waals surface area contributed by atoms with E-state index in [1.165, 1.54) is 0 Å². The van der Waals surface area contributed by atoms with E-state index in [0.29, 0.717) is 0 Å². The van der Waals surface area contributed by atoms with Gasteiger partial charge in [0, 0.05) is 5.56 Å². The van der Waals surface area contributed by atoms with Crippen molar-refractivity contribution < 1.29 is 9.47 Å². The third-order valence-electron chi connectivity index (χ3n) is 3.40. The molecule has 0 saturated heterocycles. The van der Waals surface area contributed by atoms with Crippen LogP contribution in [0, 0.1) is 0 Å². The second-order valence-electron chi connectivity index (χ2n) is 4.86. The van der Waals surface area contributed by atoms with Crippen LogP contribution in [0.5, 0.6) is 11.5 Å². The Morgan fingerprint density at radius 3 is 2.95 bits per heavy atom. The van der Waals surface area contributed by atoms with Gasteiger partial charge in [-0.1, -0.05) is 23.5 Å². The Morgan fingerprint density at radius 2 is 2.05 bits per heavy atom. The highest BCUT2D eigenvalue weighted by molar-refractivity contribution is 7.22. The average molecular weight is 311 g/mol. The minimum absolute atomic E-state index is 0.277. The lowest BCUT2D eigenvalue weighted by Crippen LogP contribution is -1.99. The van der Waals surface area contributed by atoms with E-state index in [1.54, 1.807) is 11.3 Å². The van der Waals surface area contributed by atoms with Gasteiger partial charge in [0.25, 0.3) is 0 Å². The smallest absolute Gasteiger partial charge is 0.231 e. The molecule has 2 heterocycles. The number of benzene rings is 2. The van der Waals surface area contributed by atoms with E-state index >= 15 is 0 Å². The lowest BCUT2D eigenvalue weighted by atomic mass is 10.1. The number of anilines is 1. The number of aromatic nitrogens is 1. The number of nitrogens with one attached hydrogen (secondary N) is 1. The van der Waals surface area contributed by atoms with Gasteiger partial charge >= 0.3 is 0 Å². The summed E-state index contributed by atoms with van der Waals surface area (Å²) < 4.78 is 11.8. The molecule has 2 aromatic carbocycles. The minimum atomic E-state index is 0.277. The highest BCUT2D eigenvalue weighted by atomic mass is 32.1. The van der Waals surface area contributed by atoms with E-state index in [2.05, 4.69) is 15.5 Å². The Balaban J connectivity index is 1.57. The fourth-order valence-corrected chi connectivity index (χ4v) is 3.05. The Labute approximate surface area is 131 Å². The Bertz CT molecular complexity index is 840. The molecule has 1 N–H and O–H groups in total. The summed E-state index contributed by atoms with van der Waals surface area (Å²) in [6, 6.07) is 13.8. The molecule has 0 atom stereocenters. The highest BCUT2D eigenvalue weighted by Crippen LogP contribution is 2.32. The van der Waals surface area contributed by atoms with E-state index in [0.717, 1.165) is 38.1 Å². The molecule has 0 amide bonds. The van der Waals surface area contributed by atoms with Crippen molar-refractivity contribution in [2.45, 2.75) is 6.92 Å². The number of para-hydroxylation sites is 1. The molecule has 5 nitrogen and oxygen atoms in total. The topological polar surface area (TPSA) is 55.7 Å². The van der Waals surface area contributed by atoms with Crippen LogP contribution in [-0.4, -0.2) is 17.5 Å². The van der Waals surface area contributed by atoms with Crippen molar-refractivity contribution in [2.75, 3.05) is 12.2 Å². The zero-order chi connectivity index (χ0) is 14.9. The van der Waals surface area contributed by atoms with Gasteiger partial charge < -0.3 is 9.47 Å². The van der Waals surface area contributed by atoms with Gasteiger partial charge in [-0.15, -0.1) is 0 Å². The van der Waals surface area contributed by atoms with Crippen molar-refractivity contribution in [2.24, 2.45) is 5.10 Å². The van der Waals surface area contributed by atoms with Gasteiger partial charge in [0.05, 0.1) is 15.9 Å². The van der Waals surface area contributed by atoms with E-state index in [1.807, 2.05) is 49.4 Å². The van der Waals surface area contributed by atoms with Crippen molar-refractivity contribution in [3.8, 4) is 11.5 Å². The number of ether oxygens (including phenoxy) is 2. The number of nitrogens with zero attached hydrogens (tertiary/aromatic N) is 2. The molecular weight excluding hydrogens is 298 g/mol. The second kappa shape index (κ2) is 5.31. The van der Waals surface area contributed by atoms with Gasteiger partial charge in [-0.05, 0) is 37.3 Å². The molecule has 0 spiro atoms. The number of hydrogen-bond donors (Lipinski definition) is 1. The van der Waals surface area contributed by atoms with E-state index in [9.17, 15) is 0 Å². The summed E-state index contributed by atoms with van der Waals surface area (Å²) in [6.45, 7) is 2.22. The maximum Gasteiger partial charge on any atom is 0.231 e. The Morgan fingerprint density at radius 1 is 1.18 bits per heavy atom. The molecule has 0 unspecified atom stereocenters.